The molecular formula is C21H16N2O3S. The van der Waals surface area contributed by atoms with Gasteiger partial charge in [0.25, 0.3) is 5.91 Å². The number of hydrogen-bond donors (Lipinski definition) is 1. The molecule has 1 amide bonds. The van der Waals surface area contributed by atoms with Gasteiger partial charge in [-0.05, 0) is 40.1 Å². The molecule has 0 spiro atoms. The molecule has 0 atom stereocenters. The molecule has 6 heteroatoms. The van der Waals surface area contributed by atoms with Crippen LogP contribution in [-0.2, 0) is 20.6 Å². The Bertz CT molecular complexity index is 1150. The van der Waals surface area contributed by atoms with E-state index in [2.05, 4.69) is 0 Å². The summed E-state index contributed by atoms with van der Waals surface area (Å²) in [6, 6.07) is 21.6. The fourth-order valence-electron chi connectivity index (χ4n) is 2.68. The Morgan fingerprint density at radius 1 is 1.00 bits per heavy atom. The van der Waals surface area contributed by atoms with E-state index in [4.69, 9.17) is 5.26 Å². The highest BCUT2D eigenvalue weighted by Crippen LogP contribution is 2.19. The van der Waals surface area contributed by atoms with Gasteiger partial charge in [-0.1, -0.05) is 54.6 Å². The minimum atomic E-state index is -3.83. The molecule has 0 unspecified atom stereocenters. The van der Waals surface area contributed by atoms with E-state index < -0.39 is 15.9 Å². The fraction of sp³-hybridized carbons (Fsp3) is 0.0476. The average Bonchev–Trinajstić information content (AvgIpc) is 2.66. The summed E-state index contributed by atoms with van der Waals surface area (Å²) in [4.78, 5) is 12.0. The summed E-state index contributed by atoms with van der Waals surface area (Å²) in [6.07, 6.45) is 2.80. The Labute approximate surface area is 157 Å². The monoisotopic (exact) mass is 376 g/mol. The van der Waals surface area contributed by atoms with Crippen molar-refractivity contribution in [2.75, 3.05) is 0 Å². The summed E-state index contributed by atoms with van der Waals surface area (Å²) in [6.45, 7) is 0. The summed E-state index contributed by atoms with van der Waals surface area (Å²) >= 11 is 0. The number of nitrogens with zero attached hydrogens (tertiary/aromatic N) is 1. The van der Waals surface area contributed by atoms with E-state index in [-0.39, 0.29) is 5.75 Å². The van der Waals surface area contributed by atoms with Crippen LogP contribution in [0.25, 0.3) is 16.8 Å². The third-order valence-electron chi connectivity index (χ3n) is 3.93. The van der Waals surface area contributed by atoms with Gasteiger partial charge in [0.15, 0.2) is 0 Å². The molecule has 0 aliphatic heterocycles. The van der Waals surface area contributed by atoms with E-state index in [0.29, 0.717) is 11.1 Å². The molecular weight excluding hydrogens is 360 g/mol. The van der Waals surface area contributed by atoms with E-state index in [9.17, 15) is 13.2 Å². The minimum Gasteiger partial charge on any atom is -0.269 e. The zero-order valence-corrected chi connectivity index (χ0v) is 15.1. The maximum Gasteiger partial charge on any atom is 0.257 e. The normalized spacial score (nSPS) is 11.4. The van der Waals surface area contributed by atoms with E-state index in [1.807, 2.05) is 53.3 Å². The van der Waals surface area contributed by atoms with Gasteiger partial charge in [0, 0.05) is 6.08 Å². The van der Waals surface area contributed by atoms with Crippen LogP contribution >= 0.6 is 0 Å². The Morgan fingerprint density at radius 2 is 1.70 bits per heavy atom. The van der Waals surface area contributed by atoms with Crippen molar-refractivity contribution in [2.45, 2.75) is 5.75 Å². The fourth-order valence-corrected chi connectivity index (χ4v) is 3.76. The molecule has 0 aliphatic carbocycles. The second kappa shape index (κ2) is 7.85. The van der Waals surface area contributed by atoms with Gasteiger partial charge in [0.2, 0.25) is 10.0 Å². The first-order chi connectivity index (χ1) is 13.0. The van der Waals surface area contributed by atoms with Crippen LogP contribution in [-0.4, -0.2) is 14.3 Å². The first kappa shape index (κ1) is 18.4. The van der Waals surface area contributed by atoms with E-state index in [1.165, 1.54) is 18.2 Å². The quantitative estimate of drug-likeness (QED) is 0.692. The van der Waals surface area contributed by atoms with Crippen LogP contribution in [0.2, 0.25) is 0 Å². The zero-order chi connectivity index (χ0) is 19.3. The number of amides is 1. The third-order valence-corrected chi connectivity index (χ3v) is 5.16. The second-order valence-corrected chi connectivity index (χ2v) is 7.66. The third kappa shape index (κ3) is 4.81. The van der Waals surface area contributed by atoms with Crippen molar-refractivity contribution in [3.8, 4) is 6.07 Å². The highest BCUT2D eigenvalue weighted by atomic mass is 32.2. The molecule has 0 bridgehead atoms. The van der Waals surface area contributed by atoms with Crippen LogP contribution in [0.1, 0.15) is 16.7 Å². The number of fused-ring (bicyclic) bond motifs is 1. The highest BCUT2D eigenvalue weighted by Gasteiger charge is 2.14. The van der Waals surface area contributed by atoms with Gasteiger partial charge in [0.05, 0.1) is 17.4 Å². The molecule has 134 valence electrons. The number of carbonyl (C=O) groups is 1. The number of benzene rings is 3. The zero-order valence-electron chi connectivity index (χ0n) is 14.3. The van der Waals surface area contributed by atoms with Crippen LogP contribution in [0.5, 0.6) is 0 Å². The molecule has 3 aromatic rings. The van der Waals surface area contributed by atoms with Crippen molar-refractivity contribution in [3.05, 3.63) is 89.5 Å². The van der Waals surface area contributed by atoms with Crippen LogP contribution in [0.3, 0.4) is 0 Å². The van der Waals surface area contributed by atoms with E-state index >= 15 is 0 Å². The molecule has 0 saturated heterocycles. The molecule has 0 aromatic heterocycles. The Hall–Kier alpha value is -3.43. The highest BCUT2D eigenvalue weighted by molar-refractivity contribution is 7.89. The number of nitriles is 1. The van der Waals surface area contributed by atoms with Gasteiger partial charge in [-0.15, -0.1) is 0 Å². The molecule has 27 heavy (non-hydrogen) atoms. The average molecular weight is 376 g/mol. The van der Waals surface area contributed by atoms with Gasteiger partial charge < -0.3 is 0 Å². The molecule has 0 saturated carbocycles. The number of sulfonamides is 1. The summed E-state index contributed by atoms with van der Waals surface area (Å²) in [5.74, 6) is -1.05. The Kier molecular flexibility index (Phi) is 5.34. The van der Waals surface area contributed by atoms with Crippen molar-refractivity contribution in [3.63, 3.8) is 0 Å². The first-order valence-electron chi connectivity index (χ1n) is 8.16. The van der Waals surface area contributed by atoms with Gasteiger partial charge in [0.1, 0.15) is 0 Å². The lowest BCUT2D eigenvalue weighted by molar-refractivity contribution is -0.114. The number of hydrogen-bond acceptors (Lipinski definition) is 4. The van der Waals surface area contributed by atoms with Crippen LogP contribution < -0.4 is 4.72 Å². The van der Waals surface area contributed by atoms with E-state index in [0.717, 1.165) is 16.3 Å². The molecule has 1 N–H and O–H groups in total. The maximum absolute atomic E-state index is 12.2. The molecule has 5 nitrogen and oxygen atoms in total. The number of carbonyl (C=O) groups excluding carboxylic acids is 1. The second-order valence-electron chi connectivity index (χ2n) is 5.94. The lowest BCUT2D eigenvalue weighted by atomic mass is 10.0. The van der Waals surface area contributed by atoms with Crippen molar-refractivity contribution in [1.82, 2.24) is 4.72 Å². The Morgan fingerprint density at radius 3 is 2.44 bits per heavy atom. The van der Waals surface area contributed by atoms with Crippen LogP contribution in [0, 0.1) is 11.3 Å². The molecule has 3 aromatic carbocycles. The Balaban J connectivity index is 1.70. The van der Waals surface area contributed by atoms with Crippen molar-refractivity contribution >= 4 is 32.8 Å². The van der Waals surface area contributed by atoms with Crippen LogP contribution in [0.4, 0.5) is 0 Å². The van der Waals surface area contributed by atoms with Gasteiger partial charge in [-0.3, -0.25) is 4.79 Å². The molecule has 0 aliphatic rings. The smallest absolute Gasteiger partial charge is 0.257 e. The predicted molar refractivity (Wildman–Crippen MR) is 105 cm³/mol. The summed E-state index contributed by atoms with van der Waals surface area (Å²) in [5, 5.41) is 10.8. The molecule has 0 fully saturated rings. The first-order valence-corrected chi connectivity index (χ1v) is 9.81. The SMILES string of the molecule is N#Cc1ccc(CS(=O)(=O)NC(=O)/C=C/c2cccc3ccccc23)cc1. The largest absolute Gasteiger partial charge is 0.269 e. The number of nitrogens with one attached hydrogen (secondary N) is 1. The maximum atomic E-state index is 12.2. The molecule has 0 heterocycles. The van der Waals surface area contributed by atoms with Crippen molar-refractivity contribution in [1.29, 1.82) is 5.26 Å². The van der Waals surface area contributed by atoms with Gasteiger partial charge in [-0.25, -0.2) is 13.1 Å². The van der Waals surface area contributed by atoms with E-state index in [1.54, 1.807) is 18.2 Å². The topological polar surface area (TPSA) is 87.0 Å². The summed E-state index contributed by atoms with van der Waals surface area (Å²) in [7, 11) is -3.83. The van der Waals surface area contributed by atoms with Gasteiger partial charge in [-0.2, -0.15) is 5.26 Å². The van der Waals surface area contributed by atoms with Crippen molar-refractivity contribution in [2.24, 2.45) is 0 Å². The minimum absolute atomic E-state index is 0.341. The lowest BCUT2D eigenvalue weighted by Gasteiger charge is -2.05. The summed E-state index contributed by atoms with van der Waals surface area (Å²) < 4.78 is 26.3. The van der Waals surface area contributed by atoms with Crippen molar-refractivity contribution < 1.29 is 13.2 Å². The molecule has 0 radical (unpaired) electrons. The predicted octanol–water partition coefficient (Wildman–Crippen LogP) is 3.37. The van der Waals surface area contributed by atoms with Gasteiger partial charge >= 0.3 is 0 Å². The standard InChI is InChI=1S/C21H16N2O3S/c22-14-16-8-10-17(11-9-16)15-27(25,26)23-21(24)13-12-19-6-3-5-18-4-1-2-7-20(18)19/h1-13H,15H2,(H,23,24)/b13-12+. The lowest BCUT2D eigenvalue weighted by Crippen LogP contribution is -2.30. The van der Waals surface area contributed by atoms with Crippen LogP contribution in [0.15, 0.2) is 72.8 Å². The number of rotatable bonds is 5. The summed E-state index contributed by atoms with van der Waals surface area (Å²) in [5.41, 5.74) is 1.76. The molecule has 3 rings (SSSR count).